The molecule has 0 aliphatic rings. The first-order valence-corrected chi connectivity index (χ1v) is 6.10. The molecule has 0 aliphatic carbocycles. The fourth-order valence-electron chi connectivity index (χ4n) is 1.54. The third-order valence-electron chi connectivity index (χ3n) is 2.36. The number of unbranched alkanes of at least 4 members (excludes halogenated alkanes) is 1. The predicted molar refractivity (Wildman–Crippen MR) is 74.9 cm³/mol. The van der Waals surface area contributed by atoms with Crippen LogP contribution < -0.4 is 16.8 Å². The van der Waals surface area contributed by atoms with Crippen molar-refractivity contribution in [2.75, 3.05) is 5.32 Å². The number of hydrogen-bond acceptors (Lipinski definition) is 1. The van der Waals surface area contributed by atoms with Gasteiger partial charge in [-0.15, -0.1) is 0 Å². The van der Waals surface area contributed by atoms with Crippen molar-refractivity contribution >= 4 is 29.3 Å². The summed E-state index contributed by atoms with van der Waals surface area (Å²) in [5.74, 6) is -0.283. The lowest BCUT2D eigenvalue weighted by Gasteiger charge is -2.11. The van der Waals surface area contributed by atoms with E-state index in [2.05, 4.69) is 17.2 Å². The number of halogens is 1. The number of nitrogens with zero attached hydrogens (tertiary/aromatic N) is 1. The van der Waals surface area contributed by atoms with Crippen LogP contribution in [0.15, 0.2) is 23.2 Å². The minimum absolute atomic E-state index is 0.283. The lowest BCUT2D eigenvalue weighted by Crippen LogP contribution is -2.25. The highest BCUT2D eigenvalue weighted by molar-refractivity contribution is 6.34. The quantitative estimate of drug-likeness (QED) is 0.578. The smallest absolute Gasteiger partial charge is 0.348 e. The normalized spacial score (nSPS) is 9.89. The van der Waals surface area contributed by atoms with Crippen molar-refractivity contribution < 1.29 is 4.79 Å². The molecule has 0 fully saturated rings. The number of benzene rings is 1. The summed E-state index contributed by atoms with van der Waals surface area (Å²) in [4.78, 5) is 14.9. The number of guanidine groups is 1. The van der Waals surface area contributed by atoms with E-state index in [4.69, 9.17) is 23.1 Å². The number of urea groups is 1. The second-order valence-corrected chi connectivity index (χ2v) is 4.25. The first kappa shape index (κ1) is 14.3. The van der Waals surface area contributed by atoms with E-state index in [-0.39, 0.29) is 5.96 Å². The summed E-state index contributed by atoms with van der Waals surface area (Å²) in [6.45, 7) is 2.10. The molecule has 0 aliphatic heterocycles. The van der Waals surface area contributed by atoms with Crippen molar-refractivity contribution in [2.45, 2.75) is 26.2 Å². The molecular formula is C12H17ClN4O. The molecule has 98 valence electrons. The Hall–Kier alpha value is -1.75. The van der Waals surface area contributed by atoms with Crippen LogP contribution in [0.3, 0.4) is 0 Å². The van der Waals surface area contributed by atoms with Gasteiger partial charge in [0.15, 0.2) is 5.96 Å². The molecule has 5 nitrogen and oxygen atoms in total. The molecule has 6 heteroatoms. The lowest BCUT2D eigenvalue weighted by atomic mass is 10.1. The average molecular weight is 269 g/mol. The minimum atomic E-state index is -0.624. The number of anilines is 1. The third kappa shape index (κ3) is 4.25. The van der Waals surface area contributed by atoms with Crippen molar-refractivity contribution in [1.82, 2.24) is 0 Å². The summed E-state index contributed by atoms with van der Waals surface area (Å²) in [6, 6.07) is 4.86. The first-order chi connectivity index (χ1) is 8.54. The number of aliphatic imine (C=N–C) groups is 1. The Kier molecular flexibility index (Phi) is 5.45. The van der Waals surface area contributed by atoms with Crippen LogP contribution in [0.4, 0.5) is 10.5 Å². The number of nitrogens with two attached hydrogens (primary N) is 2. The van der Waals surface area contributed by atoms with Crippen LogP contribution in [0.1, 0.15) is 25.3 Å². The van der Waals surface area contributed by atoms with Crippen molar-refractivity contribution in [1.29, 1.82) is 0 Å². The predicted octanol–water partition coefficient (Wildman–Crippen LogP) is 2.49. The highest BCUT2D eigenvalue weighted by Crippen LogP contribution is 2.27. The number of aryl methyl sites for hydroxylation is 1. The van der Waals surface area contributed by atoms with Gasteiger partial charge >= 0.3 is 6.03 Å². The van der Waals surface area contributed by atoms with Gasteiger partial charge in [0.25, 0.3) is 0 Å². The molecule has 0 saturated heterocycles. The topological polar surface area (TPSA) is 93.5 Å². The van der Waals surface area contributed by atoms with Gasteiger partial charge < -0.3 is 16.8 Å². The standard InChI is InChI=1S/C12H17ClN4O/c1-2-3-5-8-6-4-7-9(13)10(8)16-12(18)17-11(14)15/h4,6-7H,2-3,5H2,1H3,(H5,14,15,16,17,18). The summed E-state index contributed by atoms with van der Waals surface area (Å²) in [5, 5.41) is 3.08. The van der Waals surface area contributed by atoms with Gasteiger partial charge in [-0.2, -0.15) is 4.99 Å². The molecule has 0 bridgehead atoms. The number of rotatable bonds is 4. The third-order valence-corrected chi connectivity index (χ3v) is 2.68. The SMILES string of the molecule is CCCCc1cccc(Cl)c1NC(=O)N=C(N)N. The van der Waals surface area contributed by atoms with E-state index in [0.717, 1.165) is 24.8 Å². The lowest BCUT2D eigenvalue weighted by molar-refractivity contribution is 0.259. The second kappa shape index (κ2) is 6.86. The van der Waals surface area contributed by atoms with Crippen LogP contribution in [0, 0.1) is 0 Å². The number of carbonyl (C=O) groups is 1. The van der Waals surface area contributed by atoms with Gasteiger partial charge in [-0.25, -0.2) is 4.79 Å². The molecule has 1 aromatic carbocycles. The molecule has 0 heterocycles. The van der Waals surface area contributed by atoms with Gasteiger partial charge in [0.1, 0.15) is 0 Å². The van der Waals surface area contributed by atoms with E-state index in [1.54, 1.807) is 6.07 Å². The van der Waals surface area contributed by atoms with E-state index in [1.165, 1.54) is 0 Å². The zero-order chi connectivity index (χ0) is 13.5. The minimum Gasteiger partial charge on any atom is -0.370 e. The van der Waals surface area contributed by atoms with E-state index >= 15 is 0 Å². The first-order valence-electron chi connectivity index (χ1n) is 5.72. The number of amides is 2. The Bertz CT molecular complexity index is 455. The Morgan fingerprint density at radius 1 is 1.44 bits per heavy atom. The van der Waals surface area contributed by atoms with Crippen LogP contribution in [0.2, 0.25) is 5.02 Å². The van der Waals surface area contributed by atoms with E-state index < -0.39 is 6.03 Å². The molecule has 1 rings (SSSR count). The molecule has 0 aromatic heterocycles. The Balaban J connectivity index is 2.92. The fourth-order valence-corrected chi connectivity index (χ4v) is 1.78. The average Bonchev–Trinajstić information content (AvgIpc) is 2.29. The van der Waals surface area contributed by atoms with Crippen molar-refractivity contribution in [3.63, 3.8) is 0 Å². The molecule has 5 N–H and O–H groups in total. The molecule has 18 heavy (non-hydrogen) atoms. The summed E-state index contributed by atoms with van der Waals surface area (Å²) >= 11 is 6.06. The molecule has 0 spiro atoms. The van der Waals surface area contributed by atoms with E-state index in [0.29, 0.717) is 10.7 Å². The largest absolute Gasteiger partial charge is 0.370 e. The monoisotopic (exact) mass is 268 g/mol. The number of nitrogens with one attached hydrogen (secondary N) is 1. The molecule has 0 saturated carbocycles. The molecule has 1 aromatic rings. The Morgan fingerprint density at radius 3 is 2.78 bits per heavy atom. The van der Waals surface area contributed by atoms with E-state index in [1.807, 2.05) is 12.1 Å². The number of carbonyl (C=O) groups excluding carboxylic acids is 1. The van der Waals surface area contributed by atoms with Crippen LogP contribution in [-0.4, -0.2) is 12.0 Å². The van der Waals surface area contributed by atoms with Crippen LogP contribution in [0.25, 0.3) is 0 Å². The van der Waals surface area contributed by atoms with E-state index in [9.17, 15) is 4.79 Å². The number of para-hydroxylation sites is 1. The molecule has 2 amide bonds. The molecule has 0 atom stereocenters. The van der Waals surface area contributed by atoms with Crippen LogP contribution >= 0.6 is 11.6 Å². The van der Waals surface area contributed by atoms with Gasteiger partial charge in [-0.05, 0) is 24.5 Å². The van der Waals surface area contributed by atoms with Crippen LogP contribution in [0.5, 0.6) is 0 Å². The highest BCUT2D eigenvalue weighted by atomic mass is 35.5. The zero-order valence-electron chi connectivity index (χ0n) is 10.2. The maximum absolute atomic E-state index is 11.5. The fraction of sp³-hybridized carbons (Fsp3) is 0.333. The molecular weight excluding hydrogens is 252 g/mol. The van der Waals surface area contributed by atoms with Crippen LogP contribution in [-0.2, 0) is 6.42 Å². The van der Waals surface area contributed by atoms with Gasteiger partial charge in [0.2, 0.25) is 0 Å². The Labute approximate surface area is 111 Å². The Morgan fingerprint density at radius 2 is 2.17 bits per heavy atom. The van der Waals surface area contributed by atoms with Crippen molar-refractivity contribution in [2.24, 2.45) is 16.5 Å². The van der Waals surface area contributed by atoms with Gasteiger partial charge in [-0.1, -0.05) is 37.1 Å². The van der Waals surface area contributed by atoms with Gasteiger partial charge in [-0.3, -0.25) is 0 Å². The molecule has 0 radical (unpaired) electrons. The summed E-state index contributed by atoms with van der Waals surface area (Å²) in [5.41, 5.74) is 11.8. The summed E-state index contributed by atoms with van der Waals surface area (Å²) in [7, 11) is 0. The zero-order valence-corrected chi connectivity index (χ0v) is 11.0. The summed E-state index contributed by atoms with van der Waals surface area (Å²) < 4.78 is 0. The maximum atomic E-state index is 11.5. The van der Waals surface area contributed by atoms with Crippen molar-refractivity contribution in [3.8, 4) is 0 Å². The highest BCUT2D eigenvalue weighted by Gasteiger charge is 2.09. The van der Waals surface area contributed by atoms with Gasteiger partial charge in [0, 0.05) is 0 Å². The maximum Gasteiger partial charge on any atom is 0.348 e. The molecule has 0 unspecified atom stereocenters. The number of hydrogen-bond donors (Lipinski definition) is 3. The van der Waals surface area contributed by atoms with Crippen molar-refractivity contribution in [3.05, 3.63) is 28.8 Å². The second-order valence-electron chi connectivity index (χ2n) is 3.84. The van der Waals surface area contributed by atoms with Gasteiger partial charge in [0.05, 0.1) is 10.7 Å². The summed E-state index contributed by atoms with van der Waals surface area (Å²) in [6.07, 6.45) is 2.92.